The second kappa shape index (κ2) is 5.12. The lowest BCUT2D eigenvalue weighted by molar-refractivity contribution is -0.137. The fourth-order valence-corrected chi connectivity index (χ4v) is 2.21. The first-order valence-corrected chi connectivity index (χ1v) is 6.82. The van der Waals surface area contributed by atoms with Crippen molar-refractivity contribution in [2.45, 2.75) is 25.1 Å². The summed E-state index contributed by atoms with van der Waals surface area (Å²) in [7, 11) is 0. The largest absolute Gasteiger partial charge is 0.504 e. The quantitative estimate of drug-likeness (QED) is 0.845. The van der Waals surface area contributed by atoms with Crippen LogP contribution in [0.25, 0.3) is 17.2 Å². The molecule has 0 unspecified atom stereocenters. The maximum absolute atomic E-state index is 12.9. The highest BCUT2D eigenvalue weighted by Gasteiger charge is 2.32. The van der Waals surface area contributed by atoms with Crippen LogP contribution in [0.3, 0.4) is 0 Å². The van der Waals surface area contributed by atoms with Crippen LogP contribution < -0.4 is 5.32 Å². The first kappa shape index (κ1) is 14.6. The van der Waals surface area contributed by atoms with Gasteiger partial charge >= 0.3 is 6.18 Å². The minimum atomic E-state index is -4.44. The molecule has 1 aliphatic carbocycles. The second-order valence-corrected chi connectivity index (χ2v) is 5.22. The summed E-state index contributed by atoms with van der Waals surface area (Å²) in [5, 5.41) is 13.3. The number of hydrogen-bond acceptors (Lipinski definition) is 3. The number of alkyl halides is 3. The van der Waals surface area contributed by atoms with Gasteiger partial charge in [-0.15, -0.1) is 0 Å². The van der Waals surface area contributed by atoms with E-state index in [1.165, 1.54) is 18.2 Å². The van der Waals surface area contributed by atoms with Gasteiger partial charge < -0.3 is 14.8 Å². The average molecular weight is 309 g/mol. The van der Waals surface area contributed by atoms with Crippen LogP contribution >= 0.6 is 0 Å². The van der Waals surface area contributed by atoms with E-state index in [0.717, 1.165) is 25.0 Å². The van der Waals surface area contributed by atoms with Gasteiger partial charge in [0.2, 0.25) is 5.88 Å². The Bertz CT molecular complexity index is 715. The lowest BCUT2D eigenvalue weighted by Gasteiger charge is -2.09. The predicted molar refractivity (Wildman–Crippen MR) is 77.5 cm³/mol. The molecule has 1 saturated carbocycles. The highest BCUT2D eigenvalue weighted by Crippen LogP contribution is 2.44. The summed E-state index contributed by atoms with van der Waals surface area (Å²) in [4.78, 5) is 0. The highest BCUT2D eigenvalue weighted by molar-refractivity contribution is 5.84. The Morgan fingerprint density at radius 1 is 1.32 bits per heavy atom. The molecule has 3 rings (SSSR count). The monoisotopic (exact) mass is 309 g/mol. The van der Waals surface area contributed by atoms with E-state index in [4.69, 9.17) is 4.42 Å². The molecule has 2 N–H and O–H groups in total. The van der Waals surface area contributed by atoms with Crippen LogP contribution in [0.5, 0.6) is 5.75 Å². The van der Waals surface area contributed by atoms with Crippen LogP contribution in [-0.4, -0.2) is 11.1 Å². The van der Waals surface area contributed by atoms with Crippen molar-refractivity contribution < 1.29 is 22.7 Å². The Hall–Kier alpha value is -2.37. The standard InChI is InChI=1S/C16H14F3NO2/c1-2-12-14(21)13(15(22-12)20-11-6-7-11)9-4-3-5-10(8-9)16(17,18)19/h2-5,8,11,20-21H,1,6-7H2. The van der Waals surface area contributed by atoms with Crippen molar-refractivity contribution in [2.75, 3.05) is 5.32 Å². The molecule has 2 aromatic rings. The third kappa shape index (κ3) is 2.68. The summed E-state index contributed by atoms with van der Waals surface area (Å²) in [5.74, 6) is 0.197. The molecule has 0 saturated heterocycles. The number of hydrogen-bond donors (Lipinski definition) is 2. The second-order valence-electron chi connectivity index (χ2n) is 5.22. The van der Waals surface area contributed by atoms with Gasteiger partial charge in [-0.25, -0.2) is 0 Å². The van der Waals surface area contributed by atoms with Crippen LogP contribution in [0.4, 0.5) is 19.1 Å². The van der Waals surface area contributed by atoms with Gasteiger partial charge in [-0.05, 0) is 36.6 Å². The summed E-state index contributed by atoms with van der Waals surface area (Å²) >= 11 is 0. The van der Waals surface area contributed by atoms with Crippen LogP contribution in [0.2, 0.25) is 0 Å². The Morgan fingerprint density at radius 3 is 2.64 bits per heavy atom. The van der Waals surface area contributed by atoms with Crippen molar-refractivity contribution in [1.82, 2.24) is 0 Å². The molecule has 1 aromatic heterocycles. The van der Waals surface area contributed by atoms with Crippen LogP contribution in [0.1, 0.15) is 24.2 Å². The summed E-state index contributed by atoms with van der Waals surface area (Å²) in [6.45, 7) is 3.53. The normalized spacial score (nSPS) is 14.9. The third-order valence-electron chi connectivity index (χ3n) is 3.49. The molecule has 6 heteroatoms. The molecule has 0 aliphatic heterocycles. The number of aromatic hydroxyl groups is 1. The van der Waals surface area contributed by atoms with Crippen LogP contribution in [0, 0.1) is 0 Å². The topological polar surface area (TPSA) is 45.4 Å². The first-order chi connectivity index (χ1) is 10.4. The zero-order valence-corrected chi connectivity index (χ0v) is 11.6. The third-order valence-corrected chi connectivity index (χ3v) is 3.49. The van der Waals surface area contributed by atoms with Gasteiger partial charge in [-0.1, -0.05) is 18.7 Å². The average Bonchev–Trinajstić information content (AvgIpc) is 3.22. The van der Waals surface area contributed by atoms with Gasteiger partial charge in [0.1, 0.15) is 0 Å². The van der Waals surface area contributed by atoms with E-state index < -0.39 is 11.7 Å². The fraction of sp³-hybridized carbons (Fsp3) is 0.250. The molecule has 116 valence electrons. The molecular weight excluding hydrogens is 295 g/mol. The number of anilines is 1. The Kier molecular flexibility index (Phi) is 3.39. The molecule has 1 aliphatic rings. The van der Waals surface area contributed by atoms with E-state index >= 15 is 0 Å². The number of halogens is 3. The molecule has 1 heterocycles. The van der Waals surface area contributed by atoms with Crippen molar-refractivity contribution in [2.24, 2.45) is 0 Å². The van der Waals surface area contributed by atoms with E-state index in [2.05, 4.69) is 11.9 Å². The molecular formula is C16H14F3NO2. The highest BCUT2D eigenvalue weighted by atomic mass is 19.4. The maximum atomic E-state index is 12.9. The van der Waals surface area contributed by atoms with Gasteiger partial charge in [0, 0.05) is 6.04 Å². The lowest BCUT2D eigenvalue weighted by Crippen LogP contribution is -2.05. The molecule has 1 fully saturated rings. The molecule has 0 bridgehead atoms. The summed E-state index contributed by atoms with van der Waals surface area (Å²) in [6.07, 6.45) is -1.19. The zero-order valence-electron chi connectivity index (χ0n) is 11.6. The van der Waals surface area contributed by atoms with Crippen molar-refractivity contribution >= 4 is 12.0 Å². The number of nitrogens with one attached hydrogen (secondary N) is 1. The molecule has 3 nitrogen and oxygen atoms in total. The first-order valence-electron chi connectivity index (χ1n) is 6.82. The number of furan rings is 1. The van der Waals surface area contributed by atoms with Gasteiger partial charge in [0.15, 0.2) is 11.5 Å². The SMILES string of the molecule is C=Cc1oc(NC2CC2)c(-c2cccc(C(F)(F)F)c2)c1O. The van der Waals surface area contributed by atoms with Gasteiger partial charge in [-0.2, -0.15) is 13.2 Å². The van der Waals surface area contributed by atoms with E-state index in [9.17, 15) is 18.3 Å². The molecule has 0 radical (unpaired) electrons. The number of rotatable bonds is 4. The van der Waals surface area contributed by atoms with E-state index in [1.54, 1.807) is 0 Å². The van der Waals surface area contributed by atoms with Crippen LogP contribution in [-0.2, 0) is 6.18 Å². The van der Waals surface area contributed by atoms with Gasteiger partial charge in [0.25, 0.3) is 0 Å². The fourth-order valence-electron chi connectivity index (χ4n) is 2.21. The molecule has 0 atom stereocenters. The van der Waals surface area contributed by atoms with Crippen molar-refractivity contribution in [3.05, 3.63) is 42.2 Å². The van der Waals surface area contributed by atoms with E-state index in [0.29, 0.717) is 0 Å². The van der Waals surface area contributed by atoms with Gasteiger partial charge in [0.05, 0.1) is 11.1 Å². The Morgan fingerprint density at radius 2 is 2.05 bits per heavy atom. The number of benzene rings is 1. The zero-order chi connectivity index (χ0) is 15.9. The van der Waals surface area contributed by atoms with Crippen molar-refractivity contribution in [1.29, 1.82) is 0 Å². The van der Waals surface area contributed by atoms with E-state index in [-0.39, 0.29) is 34.6 Å². The molecule has 0 spiro atoms. The van der Waals surface area contributed by atoms with Gasteiger partial charge in [-0.3, -0.25) is 0 Å². The molecule has 0 amide bonds. The Labute approximate surface area is 125 Å². The Balaban J connectivity index is 2.10. The van der Waals surface area contributed by atoms with E-state index in [1.807, 2.05) is 0 Å². The predicted octanol–water partition coefficient (Wildman–Crippen LogP) is 4.89. The molecule has 22 heavy (non-hydrogen) atoms. The molecule has 1 aromatic carbocycles. The summed E-state index contributed by atoms with van der Waals surface area (Å²) < 4.78 is 44.0. The maximum Gasteiger partial charge on any atom is 0.416 e. The van der Waals surface area contributed by atoms with Crippen LogP contribution in [0.15, 0.2) is 35.3 Å². The van der Waals surface area contributed by atoms with Crippen molar-refractivity contribution in [3.63, 3.8) is 0 Å². The summed E-state index contributed by atoms with van der Waals surface area (Å²) in [5.41, 5.74) is -0.302. The minimum absolute atomic E-state index is 0.135. The van der Waals surface area contributed by atoms with Crippen molar-refractivity contribution in [3.8, 4) is 16.9 Å². The smallest absolute Gasteiger partial charge is 0.416 e. The lowest BCUT2D eigenvalue weighted by atomic mass is 10.0. The minimum Gasteiger partial charge on any atom is -0.504 e. The summed E-state index contributed by atoms with van der Waals surface area (Å²) in [6, 6.07) is 5.02.